The van der Waals surface area contributed by atoms with Crippen LogP contribution >= 0.6 is 0 Å². The van der Waals surface area contributed by atoms with Gasteiger partial charge in [0.05, 0.1) is 0 Å². The van der Waals surface area contributed by atoms with Crippen LogP contribution in [0.15, 0.2) is 30.3 Å². The average Bonchev–Trinajstić information content (AvgIpc) is 2.97. The zero-order valence-corrected chi connectivity index (χ0v) is 12.6. The van der Waals surface area contributed by atoms with Crippen LogP contribution in [0.5, 0.6) is 0 Å². The standard InChI is InChI=1S/C16H20N2O4/c1-2-18(10-12-6-4-3-5-7-12)15(20)11-22-16(21)13-8-9-14(19)17-13/h3-7,13H,2,8-11H2,1H3,(H,17,19). The van der Waals surface area contributed by atoms with Gasteiger partial charge in [0, 0.05) is 19.5 Å². The van der Waals surface area contributed by atoms with Gasteiger partial charge in [-0.15, -0.1) is 0 Å². The molecular formula is C16H20N2O4. The number of carbonyl (C=O) groups excluding carboxylic acids is 3. The van der Waals surface area contributed by atoms with Gasteiger partial charge in [0.25, 0.3) is 5.91 Å². The second-order valence-electron chi connectivity index (χ2n) is 5.16. The van der Waals surface area contributed by atoms with E-state index in [0.29, 0.717) is 25.9 Å². The van der Waals surface area contributed by atoms with Crippen molar-refractivity contribution in [3.05, 3.63) is 35.9 Å². The number of esters is 1. The first-order valence-electron chi connectivity index (χ1n) is 7.38. The van der Waals surface area contributed by atoms with E-state index in [1.54, 1.807) is 4.90 Å². The van der Waals surface area contributed by atoms with E-state index in [2.05, 4.69) is 5.32 Å². The third-order valence-electron chi connectivity index (χ3n) is 3.57. The lowest BCUT2D eigenvalue weighted by Crippen LogP contribution is -2.38. The van der Waals surface area contributed by atoms with E-state index in [-0.39, 0.29) is 18.4 Å². The van der Waals surface area contributed by atoms with Gasteiger partial charge >= 0.3 is 5.97 Å². The Balaban J connectivity index is 1.82. The second-order valence-corrected chi connectivity index (χ2v) is 5.16. The molecule has 1 aromatic rings. The highest BCUT2D eigenvalue weighted by Crippen LogP contribution is 2.09. The number of nitrogens with one attached hydrogen (secondary N) is 1. The van der Waals surface area contributed by atoms with Crippen LogP contribution in [-0.4, -0.2) is 41.9 Å². The topological polar surface area (TPSA) is 75.7 Å². The summed E-state index contributed by atoms with van der Waals surface area (Å²) in [6.07, 6.45) is 0.746. The summed E-state index contributed by atoms with van der Waals surface area (Å²) in [6.45, 7) is 2.59. The smallest absolute Gasteiger partial charge is 0.329 e. The monoisotopic (exact) mass is 304 g/mol. The molecule has 2 amide bonds. The first-order chi connectivity index (χ1) is 10.6. The van der Waals surface area contributed by atoms with Crippen LogP contribution < -0.4 is 5.32 Å². The van der Waals surface area contributed by atoms with E-state index < -0.39 is 12.0 Å². The lowest BCUT2D eigenvalue weighted by molar-refractivity contribution is -0.153. The molecule has 1 N–H and O–H groups in total. The molecule has 0 saturated carbocycles. The molecular weight excluding hydrogens is 284 g/mol. The van der Waals surface area contributed by atoms with E-state index >= 15 is 0 Å². The molecule has 6 heteroatoms. The molecule has 1 aliphatic rings. The van der Waals surface area contributed by atoms with Crippen molar-refractivity contribution in [2.24, 2.45) is 0 Å². The van der Waals surface area contributed by atoms with Crippen molar-refractivity contribution in [1.82, 2.24) is 10.2 Å². The van der Waals surface area contributed by atoms with E-state index in [4.69, 9.17) is 4.74 Å². The van der Waals surface area contributed by atoms with E-state index in [0.717, 1.165) is 5.56 Å². The third kappa shape index (κ3) is 4.31. The molecule has 1 aromatic carbocycles. The quantitative estimate of drug-likeness (QED) is 0.791. The number of nitrogens with zero attached hydrogens (tertiary/aromatic N) is 1. The van der Waals surface area contributed by atoms with Crippen molar-refractivity contribution in [2.45, 2.75) is 32.4 Å². The van der Waals surface area contributed by atoms with Gasteiger partial charge in [0.15, 0.2) is 6.61 Å². The molecule has 0 spiro atoms. The average molecular weight is 304 g/mol. The Morgan fingerprint density at radius 2 is 2.05 bits per heavy atom. The molecule has 2 rings (SSSR count). The Bertz CT molecular complexity index is 544. The van der Waals surface area contributed by atoms with Crippen LogP contribution in [-0.2, 0) is 25.7 Å². The maximum atomic E-state index is 12.1. The number of hydrogen-bond acceptors (Lipinski definition) is 4. The van der Waals surface area contributed by atoms with Crippen molar-refractivity contribution in [3.63, 3.8) is 0 Å². The lowest BCUT2D eigenvalue weighted by Gasteiger charge is -2.21. The highest BCUT2D eigenvalue weighted by Gasteiger charge is 2.29. The summed E-state index contributed by atoms with van der Waals surface area (Å²) >= 11 is 0. The molecule has 0 radical (unpaired) electrons. The van der Waals surface area contributed by atoms with Crippen LogP contribution in [0.1, 0.15) is 25.3 Å². The molecule has 1 heterocycles. The molecule has 6 nitrogen and oxygen atoms in total. The fraction of sp³-hybridized carbons (Fsp3) is 0.438. The summed E-state index contributed by atoms with van der Waals surface area (Å²) in [5.74, 6) is -0.952. The summed E-state index contributed by atoms with van der Waals surface area (Å²) < 4.78 is 5.01. The zero-order chi connectivity index (χ0) is 15.9. The summed E-state index contributed by atoms with van der Waals surface area (Å²) in [7, 11) is 0. The fourth-order valence-electron chi connectivity index (χ4n) is 2.30. The lowest BCUT2D eigenvalue weighted by atomic mass is 10.2. The zero-order valence-electron chi connectivity index (χ0n) is 12.6. The van der Waals surface area contributed by atoms with Crippen molar-refractivity contribution < 1.29 is 19.1 Å². The van der Waals surface area contributed by atoms with Gasteiger partial charge in [-0.05, 0) is 18.9 Å². The van der Waals surface area contributed by atoms with Gasteiger partial charge in [0.1, 0.15) is 6.04 Å². The highest BCUT2D eigenvalue weighted by molar-refractivity contribution is 5.89. The van der Waals surface area contributed by atoms with Gasteiger partial charge in [-0.25, -0.2) is 4.79 Å². The van der Waals surface area contributed by atoms with Gasteiger partial charge in [-0.3, -0.25) is 9.59 Å². The Morgan fingerprint density at radius 3 is 2.64 bits per heavy atom. The van der Waals surface area contributed by atoms with Crippen LogP contribution in [0.2, 0.25) is 0 Å². The highest BCUT2D eigenvalue weighted by atomic mass is 16.5. The van der Waals surface area contributed by atoms with Crippen LogP contribution in [0.4, 0.5) is 0 Å². The molecule has 1 aliphatic heterocycles. The van der Waals surface area contributed by atoms with Gasteiger partial charge in [-0.2, -0.15) is 0 Å². The molecule has 1 fully saturated rings. The predicted octanol–water partition coefficient (Wildman–Crippen LogP) is 0.857. The Labute approximate surface area is 129 Å². The Hall–Kier alpha value is -2.37. The summed E-state index contributed by atoms with van der Waals surface area (Å²) in [6, 6.07) is 9.00. The molecule has 1 atom stereocenters. The number of benzene rings is 1. The molecule has 22 heavy (non-hydrogen) atoms. The SMILES string of the molecule is CCN(Cc1ccccc1)C(=O)COC(=O)C1CCC(=O)N1. The molecule has 118 valence electrons. The van der Waals surface area contributed by atoms with Crippen molar-refractivity contribution in [1.29, 1.82) is 0 Å². The Kier molecular flexibility index (Phi) is 5.52. The maximum absolute atomic E-state index is 12.1. The number of rotatable bonds is 6. The number of amides is 2. The second kappa shape index (κ2) is 7.59. The fourth-order valence-corrected chi connectivity index (χ4v) is 2.30. The summed E-state index contributed by atoms with van der Waals surface area (Å²) in [5.41, 5.74) is 1.02. The number of ether oxygens (including phenoxy) is 1. The molecule has 0 aliphatic carbocycles. The van der Waals surface area contributed by atoms with Gasteiger partial charge in [-0.1, -0.05) is 30.3 Å². The number of hydrogen-bond donors (Lipinski definition) is 1. The minimum atomic E-state index is -0.621. The van der Waals surface area contributed by atoms with Gasteiger partial charge < -0.3 is 15.0 Å². The largest absolute Gasteiger partial charge is 0.454 e. The van der Waals surface area contributed by atoms with Crippen LogP contribution in [0.3, 0.4) is 0 Å². The first kappa shape index (κ1) is 16.0. The third-order valence-corrected chi connectivity index (χ3v) is 3.57. The maximum Gasteiger partial charge on any atom is 0.329 e. The predicted molar refractivity (Wildman–Crippen MR) is 79.7 cm³/mol. The van der Waals surface area contributed by atoms with Crippen LogP contribution in [0.25, 0.3) is 0 Å². The minimum absolute atomic E-state index is 0.160. The minimum Gasteiger partial charge on any atom is -0.454 e. The van der Waals surface area contributed by atoms with Gasteiger partial charge in [0.2, 0.25) is 5.91 Å². The van der Waals surface area contributed by atoms with E-state index in [1.807, 2.05) is 37.3 Å². The van der Waals surface area contributed by atoms with E-state index in [9.17, 15) is 14.4 Å². The van der Waals surface area contributed by atoms with Crippen molar-refractivity contribution in [2.75, 3.05) is 13.2 Å². The summed E-state index contributed by atoms with van der Waals surface area (Å²) in [4.78, 5) is 36.6. The van der Waals surface area contributed by atoms with Crippen LogP contribution in [0, 0.1) is 0 Å². The normalized spacial score (nSPS) is 17.0. The summed E-state index contributed by atoms with van der Waals surface area (Å²) in [5, 5.41) is 2.52. The first-order valence-corrected chi connectivity index (χ1v) is 7.38. The molecule has 1 saturated heterocycles. The molecule has 1 unspecified atom stereocenters. The number of carbonyl (C=O) groups is 3. The number of likely N-dealkylation sites (N-methyl/N-ethyl adjacent to an activating group) is 1. The Morgan fingerprint density at radius 1 is 1.32 bits per heavy atom. The van der Waals surface area contributed by atoms with Crippen molar-refractivity contribution >= 4 is 17.8 Å². The van der Waals surface area contributed by atoms with E-state index in [1.165, 1.54) is 0 Å². The van der Waals surface area contributed by atoms with Crippen molar-refractivity contribution in [3.8, 4) is 0 Å². The molecule has 0 bridgehead atoms. The molecule has 0 aromatic heterocycles.